The first-order chi connectivity index (χ1) is 13.8. The fraction of sp³-hybridized carbons (Fsp3) is 0.227. The molecule has 2 aromatic carbocycles. The third-order valence-corrected chi connectivity index (χ3v) is 4.01. The molecule has 7 nitrogen and oxygen atoms in total. The monoisotopic (exact) mass is 395 g/mol. The second-order valence-corrected chi connectivity index (χ2v) is 6.39. The van der Waals surface area contributed by atoms with E-state index in [0.717, 1.165) is 5.56 Å². The van der Waals surface area contributed by atoms with Gasteiger partial charge in [0.2, 0.25) is 0 Å². The summed E-state index contributed by atoms with van der Waals surface area (Å²) in [5.74, 6) is -1.98. The number of nitrogens with one attached hydrogen (secondary N) is 2. The molecule has 2 rings (SSSR count). The number of carbonyl (C=O) groups is 3. The van der Waals surface area contributed by atoms with E-state index < -0.39 is 23.8 Å². The van der Waals surface area contributed by atoms with E-state index in [1.54, 1.807) is 48.5 Å². The van der Waals surface area contributed by atoms with E-state index in [0.29, 0.717) is 23.5 Å². The van der Waals surface area contributed by atoms with E-state index in [2.05, 4.69) is 10.6 Å². The minimum absolute atomic E-state index is 0.0900. The van der Waals surface area contributed by atoms with Crippen LogP contribution in [0.15, 0.2) is 54.2 Å². The van der Waals surface area contributed by atoms with E-state index in [-0.39, 0.29) is 5.70 Å². The molecule has 1 atom stereocenters. The van der Waals surface area contributed by atoms with Gasteiger partial charge >= 0.3 is 0 Å². The number of ether oxygens (including phenoxy) is 1. The molecule has 29 heavy (non-hydrogen) atoms. The van der Waals surface area contributed by atoms with Crippen LogP contribution >= 0.6 is 0 Å². The average Bonchev–Trinajstić information content (AvgIpc) is 2.69. The molecule has 0 unspecified atom stereocenters. The Labute approximate surface area is 169 Å². The average molecular weight is 395 g/mol. The Kier molecular flexibility index (Phi) is 7.54. The zero-order chi connectivity index (χ0) is 21.4. The lowest BCUT2D eigenvalue weighted by molar-refractivity contribution is -0.307. The summed E-state index contributed by atoms with van der Waals surface area (Å²) < 4.78 is 5.38. The first-order valence-corrected chi connectivity index (χ1v) is 9.14. The number of aryl methyl sites for hydroxylation is 1. The van der Waals surface area contributed by atoms with Crippen LogP contribution in [0, 0.1) is 6.92 Å². The quantitative estimate of drug-likeness (QED) is 0.658. The highest BCUT2D eigenvalue weighted by atomic mass is 16.5. The maximum Gasteiger partial charge on any atom is 0.268 e. The highest BCUT2D eigenvalue weighted by Crippen LogP contribution is 2.15. The first-order valence-electron chi connectivity index (χ1n) is 9.14. The van der Waals surface area contributed by atoms with Crippen molar-refractivity contribution in [3.8, 4) is 5.75 Å². The maximum atomic E-state index is 12.5. The van der Waals surface area contributed by atoms with E-state index >= 15 is 0 Å². The van der Waals surface area contributed by atoms with Crippen molar-refractivity contribution in [1.29, 1.82) is 0 Å². The van der Waals surface area contributed by atoms with Crippen LogP contribution in [0.2, 0.25) is 0 Å². The Hall–Kier alpha value is -3.61. The van der Waals surface area contributed by atoms with Gasteiger partial charge < -0.3 is 25.3 Å². The highest BCUT2D eigenvalue weighted by molar-refractivity contribution is 6.06. The summed E-state index contributed by atoms with van der Waals surface area (Å²) in [6.07, 6.45) is 1.46. The second kappa shape index (κ2) is 10.1. The van der Waals surface area contributed by atoms with Crippen molar-refractivity contribution in [3.63, 3.8) is 0 Å². The van der Waals surface area contributed by atoms with E-state index in [1.807, 2.05) is 13.8 Å². The highest BCUT2D eigenvalue weighted by Gasteiger charge is 2.17. The molecule has 0 aliphatic rings. The second-order valence-electron chi connectivity index (χ2n) is 6.39. The number of aliphatic carboxylic acids is 1. The van der Waals surface area contributed by atoms with E-state index in [1.165, 1.54) is 13.0 Å². The number of amides is 2. The van der Waals surface area contributed by atoms with Crippen LogP contribution in [0.1, 0.15) is 35.3 Å². The molecule has 0 fully saturated rings. The van der Waals surface area contributed by atoms with E-state index in [4.69, 9.17) is 4.74 Å². The topological polar surface area (TPSA) is 108 Å². The van der Waals surface area contributed by atoms with Gasteiger partial charge in [-0.2, -0.15) is 0 Å². The Morgan fingerprint density at radius 1 is 1.07 bits per heavy atom. The van der Waals surface area contributed by atoms with Crippen LogP contribution in [0.5, 0.6) is 5.75 Å². The number of rotatable bonds is 8. The van der Waals surface area contributed by atoms with Crippen LogP contribution in [-0.2, 0) is 9.59 Å². The minimum atomic E-state index is -1.43. The Morgan fingerprint density at radius 3 is 2.24 bits per heavy atom. The lowest BCUT2D eigenvalue weighted by atomic mass is 10.1. The lowest BCUT2D eigenvalue weighted by Crippen LogP contribution is -2.48. The molecule has 0 spiro atoms. The number of carbonyl (C=O) groups excluding carboxylic acids is 3. The Morgan fingerprint density at radius 2 is 1.69 bits per heavy atom. The van der Waals surface area contributed by atoms with Crippen molar-refractivity contribution >= 4 is 23.9 Å². The number of hydrogen-bond donors (Lipinski definition) is 2. The van der Waals surface area contributed by atoms with Gasteiger partial charge in [0, 0.05) is 5.56 Å². The molecular formula is C22H23N2O5-. The van der Waals surface area contributed by atoms with Crippen molar-refractivity contribution in [1.82, 2.24) is 10.6 Å². The van der Waals surface area contributed by atoms with Crippen LogP contribution in [0.4, 0.5) is 0 Å². The fourth-order valence-electron chi connectivity index (χ4n) is 2.38. The largest absolute Gasteiger partial charge is 0.548 e. The van der Waals surface area contributed by atoms with Gasteiger partial charge in [0.15, 0.2) is 0 Å². The zero-order valence-electron chi connectivity index (χ0n) is 16.5. The summed E-state index contributed by atoms with van der Waals surface area (Å²) in [5.41, 5.74) is 1.90. The van der Waals surface area contributed by atoms with Gasteiger partial charge in [-0.05, 0) is 56.7 Å². The predicted molar refractivity (Wildman–Crippen MR) is 107 cm³/mol. The van der Waals surface area contributed by atoms with Crippen molar-refractivity contribution in [2.24, 2.45) is 0 Å². The fourth-order valence-corrected chi connectivity index (χ4v) is 2.38. The molecule has 0 aliphatic carbocycles. The summed E-state index contributed by atoms with van der Waals surface area (Å²) >= 11 is 0. The van der Waals surface area contributed by atoms with Gasteiger partial charge in [-0.1, -0.05) is 29.8 Å². The molecular weight excluding hydrogens is 372 g/mol. The molecule has 2 amide bonds. The summed E-state index contributed by atoms with van der Waals surface area (Å²) in [7, 11) is 0. The summed E-state index contributed by atoms with van der Waals surface area (Å²) in [6.45, 7) is 5.57. The van der Waals surface area contributed by atoms with Crippen LogP contribution < -0.4 is 20.5 Å². The molecule has 0 saturated heterocycles. The van der Waals surface area contributed by atoms with Crippen molar-refractivity contribution in [2.45, 2.75) is 26.8 Å². The van der Waals surface area contributed by atoms with Crippen molar-refractivity contribution < 1.29 is 24.2 Å². The van der Waals surface area contributed by atoms with Crippen molar-refractivity contribution in [3.05, 3.63) is 70.9 Å². The maximum absolute atomic E-state index is 12.5. The third kappa shape index (κ3) is 6.49. The van der Waals surface area contributed by atoms with Gasteiger partial charge in [-0.3, -0.25) is 9.59 Å². The summed E-state index contributed by atoms with van der Waals surface area (Å²) in [5, 5.41) is 15.8. The minimum Gasteiger partial charge on any atom is -0.548 e. The third-order valence-electron chi connectivity index (χ3n) is 4.01. The number of carboxylic acid groups (broad SMARTS) is 1. The number of carboxylic acids is 1. The van der Waals surface area contributed by atoms with Gasteiger partial charge in [0.25, 0.3) is 11.8 Å². The summed E-state index contributed by atoms with van der Waals surface area (Å²) in [6, 6.07) is 12.5. The molecule has 2 N–H and O–H groups in total. The zero-order valence-corrected chi connectivity index (χ0v) is 16.5. The van der Waals surface area contributed by atoms with E-state index in [9.17, 15) is 19.5 Å². The molecule has 2 aromatic rings. The first kappa shape index (κ1) is 21.7. The lowest BCUT2D eigenvalue weighted by Gasteiger charge is -2.17. The molecule has 0 aliphatic heterocycles. The van der Waals surface area contributed by atoms with Crippen molar-refractivity contribution in [2.75, 3.05) is 6.61 Å². The van der Waals surface area contributed by atoms with Crippen LogP contribution in [0.25, 0.3) is 6.08 Å². The van der Waals surface area contributed by atoms with Crippen LogP contribution in [-0.4, -0.2) is 30.4 Å². The molecule has 0 saturated carbocycles. The standard InChI is InChI=1S/C22H24N2O5/c1-4-29-18-11-7-16(8-12-18)13-19(21(26)23-15(3)22(27)28)24-20(25)17-9-5-14(2)6-10-17/h5-13,15H,4H2,1-3H3,(H,23,26)(H,24,25)(H,27,28)/p-1/b19-13+/t15-/m1/s1. The molecule has 0 aromatic heterocycles. The molecule has 0 bridgehead atoms. The molecule has 0 radical (unpaired) electrons. The van der Waals surface area contributed by atoms with Gasteiger partial charge in [0.1, 0.15) is 11.4 Å². The van der Waals surface area contributed by atoms with Crippen LogP contribution in [0.3, 0.4) is 0 Å². The predicted octanol–water partition coefficient (Wildman–Crippen LogP) is 1.42. The Balaban J connectivity index is 2.28. The molecule has 0 heterocycles. The Bertz CT molecular complexity index is 902. The van der Waals surface area contributed by atoms with Gasteiger partial charge in [-0.25, -0.2) is 0 Å². The SMILES string of the molecule is CCOc1ccc(/C=C(/NC(=O)c2ccc(C)cc2)C(=O)N[C@H](C)C(=O)[O-])cc1. The van der Waals surface area contributed by atoms with Gasteiger partial charge in [0.05, 0.1) is 18.6 Å². The number of benzene rings is 2. The number of hydrogen-bond acceptors (Lipinski definition) is 5. The summed E-state index contributed by atoms with van der Waals surface area (Å²) in [4.78, 5) is 36.0. The molecule has 7 heteroatoms. The molecule has 152 valence electrons. The smallest absolute Gasteiger partial charge is 0.268 e. The van der Waals surface area contributed by atoms with Gasteiger partial charge in [-0.15, -0.1) is 0 Å². The normalized spacial score (nSPS) is 12.0.